The Labute approximate surface area is 179 Å². The van der Waals surface area contributed by atoms with Crippen LogP contribution in [0.2, 0.25) is 0 Å². The number of aryl methyl sites for hydroxylation is 1. The van der Waals surface area contributed by atoms with Gasteiger partial charge in [0, 0.05) is 17.6 Å². The number of likely N-dealkylation sites (tertiary alicyclic amines) is 1. The van der Waals surface area contributed by atoms with Crippen molar-refractivity contribution in [1.82, 2.24) is 4.90 Å². The largest absolute Gasteiger partial charge is 0.339 e. The summed E-state index contributed by atoms with van der Waals surface area (Å²) in [7, 11) is -3.65. The molecule has 0 bridgehead atoms. The second-order valence-electron chi connectivity index (χ2n) is 7.20. The van der Waals surface area contributed by atoms with Gasteiger partial charge in [-0.2, -0.15) is 0 Å². The van der Waals surface area contributed by atoms with E-state index in [2.05, 4.69) is 21.2 Å². The van der Waals surface area contributed by atoms with Crippen LogP contribution in [0.1, 0.15) is 34.3 Å². The number of nitrogens with one attached hydrogen (secondary N) is 1. The number of halogens is 1. The lowest BCUT2D eigenvalue weighted by atomic mass is 10.0. The molecule has 1 heterocycles. The van der Waals surface area contributed by atoms with Gasteiger partial charge in [-0.3, -0.25) is 9.59 Å². The number of carbonyl (C=O) groups excluding carboxylic acids is 2. The number of benzene rings is 2. The fourth-order valence-electron chi connectivity index (χ4n) is 3.41. The number of nitrogens with zero attached hydrogens (tertiary/aromatic N) is 1. The Morgan fingerprint density at radius 2 is 1.72 bits per heavy atom. The molecule has 8 heteroatoms. The number of amides is 2. The average Bonchev–Trinajstić information content (AvgIpc) is 3.17. The van der Waals surface area contributed by atoms with Crippen LogP contribution in [0, 0.1) is 6.92 Å². The molecule has 2 aromatic rings. The number of hydrogen-bond donors (Lipinski definition) is 1. The van der Waals surface area contributed by atoms with Gasteiger partial charge in [-0.05, 0) is 49.1 Å². The summed E-state index contributed by atoms with van der Waals surface area (Å²) in [6.07, 6.45) is 1.93. The van der Waals surface area contributed by atoms with Gasteiger partial charge >= 0.3 is 0 Å². The second-order valence-corrected chi connectivity index (χ2v) is 10.2. The van der Waals surface area contributed by atoms with E-state index in [1.54, 1.807) is 41.3 Å². The van der Waals surface area contributed by atoms with Crippen LogP contribution in [-0.2, 0) is 20.4 Å². The van der Waals surface area contributed by atoms with E-state index in [4.69, 9.17) is 0 Å². The number of anilines is 1. The fourth-order valence-corrected chi connectivity index (χ4v) is 4.94. The zero-order chi connectivity index (χ0) is 21.0. The maximum atomic E-state index is 12.9. The Kier molecular flexibility index (Phi) is 6.74. The predicted octanol–water partition coefficient (Wildman–Crippen LogP) is 3.55. The number of sulfone groups is 1. The van der Waals surface area contributed by atoms with Crippen LogP contribution < -0.4 is 5.32 Å². The second kappa shape index (κ2) is 9.09. The molecule has 0 atom stereocenters. The zero-order valence-electron chi connectivity index (χ0n) is 16.2. The van der Waals surface area contributed by atoms with Crippen molar-refractivity contribution in [2.75, 3.05) is 24.2 Å². The van der Waals surface area contributed by atoms with E-state index in [0.29, 0.717) is 29.9 Å². The van der Waals surface area contributed by atoms with Crippen molar-refractivity contribution in [1.29, 1.82) is 0 Å². The summed E-state index contributed by atoms with van der Waals surface area (Å²) in [5.74, 6) is -1.65. The summed E-state index contributed by atoms with van der Waals surface area (Å²) < 4.78 is 25.7. The summed E-state index contributed by atoms with van der Waals surface area (Å²) in [5, 5.41) is 2.63. The van der Waals surface area contributed by atoms with Crippen molar-refractivity contribution in [3.05, 3.63) is 63.6 Å². The highest BCUT2D eigenvalue weighted by Crippen LogP contribution is 2.24. The smallest absolute Gasteiger partial charge is 0.256 e. The lowest BCUT2D eigenvalue weighted by Crippen LogP contribution is -2.30. The molecule has 0 radical (unpaired) electrons. The summed E-state index contributed by atoms with van der Waals surface area (Å²) in [6.45, 7) is 3.20. The van der Waals surface area contributed by atoms with E-state index in [0.717, 1.165) is 22.9 Å². The standard InChI is InChI=1S/C21H23BrN2O4S/c1-15-5-4-6-18(20(15)21(26)24-11-2-3-12-24)23-19(25)14-29(27,28)13-16-7-9-17(22)10-8-16/h4-10H,2-3,11-14H2,1H3,(H,23,25). The van der Waals surface area contributed by atoms with Gasteiger partial charge in [-0.15, -0.1) is 0 Å². The Hall–Kier alpha value is -2.19. The van der Waals surface area contributed by atoms with Crippen molar-refractivity contribution in [2.24, 2.45) is 0 Å². The molecule has 0 aromatic heterocycles. The van der Waals surface area contributed by atoms with Crippen molar-refractivity contribution >= 4 is 43.3 Å². The van der Waals surface area contributed by atoms with Gasteiger partial charge in [0.2, 0.25) is 5.91 Å². The molecule has 1 aliphatic rings. The summed E-state index contributed by atoms with van der Waals surface area (Å²) in [6, 6.07) is 12.1. The van der Waals surface area contributed by atoms with Gasteiger partial charge < -0.3 is 10.2 Å². The SMILES string of the molecule is Cc1cccc(NC(=O)CS(=O)(=O)Cc2ccc(Br)cc2)c1C(=O)N1CCCC1. The molecule has 154 valence electrons. The minimum absolute atomic E-state index is 0.131. The van der Waals surface area contributed by atoms with Gasteiger partial charge in [-0.25, -0.2) is 8.42 Å². The molecule has 2 aromatic carbocycles. The molecular formula is C21H23BrN2O4S. The third-order valence-corrected chi connectivity index (χ3v) is 6.81. The summed E-state index contributed by atoms with van der Waals surface area (Å²) in [5.41, 5.74) is 2.14. The van der Waals surface area contributed by atoms with Crippen LogP contribution in [0.3, 0.4) is 0 Å². The molecule has 2 amide bonds. The molecule has 3 rings (SSSR count). The van der Waals surface area contributed by atoms with Gasteiger partial charge in [0.05, 0.1) is 17.0 Å². The maximum absolute atomic E-state index is 12.9. The molecule has 6 nitrogen and oxygen atoms in total. The molecule has 29 heavy (non-hydrogen) atoms. The van der Waals surface area contributed by atoms with Crippen LogP contribution in [0.25, 0.3) is 0 Å². The highest BCUT2D eigenvalue weighted by Gasteiger charge is 2.25. The van der Waals surface area contributed by atoms with Gasteiger partial charge in [-0.1, -0.05) is 40.2 Å². The first kappa shape index (κ1) is 21.5. The fraction of sp³-hybridized carbons (Fsp3) is 0.333. The lowest BCUT2D eigenvalue weighted by Gasteiger charge is -2.19. The molecule has 0 aliphatic carbocycles. The Morgan fingerprint density at radius 1 is 1.07 bits per heavy atom. The lowest BCUT2D eigenvalue weighted by molar-refractivity contribution is -0.113. The molecule has 1 fully saturated rings. The van der Waals surface area contributed by atoms with Gasteiger partial charge in [0.15, 0.2) is 9.84 Å². The Morgan fingerprint density at radius 3 is 2.38 bits per heavy atom. The van der Waals surface area contributed by atoms with Gasteiger partial charge in [0.1, 0.15) is 5.75 Å². The zero-order valence-corrected chi connectivity index (χ0v) is 18.6. The summed E-state index contributed by atoms with van der Waals surface area (Å²) >= 11 is 3.31. The molecular weight excluding hydrogens is 456 g/mol. The van der Waals surface area contributed by atoms with Crippen molar-refractivity contribution in [3.63, 3.8) is 0 Å². The average molecular weight is 479 g/mol. The quantitative estimate of drug-likeness (QED) is 0.687. The molecule has 0 saturated carbocycles. The Balaban J connectivity index is 1.72. The van der Waals surface area contributed by atoms with Crippen LogP contribution in [0.5, 0.6) is 0 Å². The van der Waals surface area contributed by atoms with Gasteiger partial charge in [0.25, 0.3) is 5.91 Å². The number of rotatable bonds is 6. The van der Waals surface area contributed by atoms with Crippen LogP contribution in [0.15, 0.2) is 46.9 Å². The molecule has 1 aliphatic heterocycles. The first-order valence-corrected chi connectivity index (χ1v) is 12.0. The molecule has 0 unspecified atom stereocenters. The van der Waals surface area contributed by atoms with E-state index in [1.807, 2.05) is 13.0 Å². The summed E-state index contributed by atoms with van der Waals surface area (Å²) in [4.78, 5) is 27.1. The predicted molar refractivity (Wildman–Crippen MR) is 117 cm³/mol. The molecule has 0 spiro atoms. The van der Waals surface area contributed by atoms with Crippen molar-refractivity contribution in [3.8, 4) is 0 Å². The minimum atomic E-state index is -3.65. The maximum Gasteiger partial charge on any atom is 0.256 e. The number of hydrogen-bond acceptors (Lipinski definition) is 4. The van der Waals surface area contributed by atoms with Crippen LogP contribution >= 0.6 is 15.9 Å². The van der Waals surface area contributed by atoms with E-state index >= 15 is 0 Å². The minimum Gasteiger partial charge on any atom is -0.339 e. The third kappa shape index (κ3) is 5.67. The normalized spacial score (nSPS) is 14.1. The van der Waals surface area contributed by atoms with Crippen molar-refractivity contribution < 1.29 is 18.0 Å². The van der Waals surface area contributed by atoms with Crippen LogP contribution in [0.4, 0.5) is 5.69 Å². The van der Waals surface area contributed by atoms with Crippen molar-refractivity contribution in [2.45, 2.75) is 25.5 Å². The van der Waals surface area contributed by atoms with E-state index in [9.17, 15) is 18.0 Å². The molecule has 1 saturated heterocycles. The highest BCUT2D eigenvalue weighted by atomic mass is 79.9. The first-order valence-electron chi connectivity index (χ1n) is 9.39. The topological polar surface area (TPSA) is 83.5 Å². The van der Waals surface area contributed by atoms with E-state index in [1.165, 1.54) is 0 Å². The monoisotopic (exact) mass is 478 g/mol. The van der Waals surface area contributed by atoms with Crippen LogP contribution in [-0.4, -0.2) is 44.0 Å². The Bertz CT molecular complexity index is 1010. The van der Waals surface area contributed by atoms with E-state index in [-0.39, 0.29) is 11.7 Å². The van der Waals surface area contributed by atoms with E-state index < -0.39 is 21.5 Å². The number of carbonyl (C=O) groups is 2. The molecule has 1 N–H and O–H groups in total. The highest BCUT2D eigenvalue weighted by molar-refractivity contribution is 9.10. The first-order chi connectivity index (χ1) is 13.7. The third-order valence-electron chi connectivity index (χ3n) is 4.80.